The fourth-order valence-electron chi connectivity index (χ4n) is 1.92. The van der Waals surface area contributed by atoms with Crippen molar-refractivity contribution in [1.82, 2.24) is 14.7 Å². The highest BCUT2D eigenvalue weighted by Crippen LogP contribution is 2.16. The number of hydrogen-bond donors (Lipinski definition) is 1. The number of benzene rings is 1. The number of nitrogens with one attached hydrogen (secondary N) is 1. The third-order valence-corrected chi connectivity index (χ3v) is 4.55. The van der Waals surface area contributed by atoms with Crippen LogP contribution in [-0.4, -0.2) is 39.6 Å². The molecule has 0 spiro atoms. The Bertz CT molecular complexity index is 774. The van der Waals surface area contributed by atoms with Gasteiger partial charge in [0.15, 0.2) is 0 Å². The molecule has 1 N–H and O–H groups in total. The molecule has 1 aromatic heterocycles. The van der Waals surface area contributed by atoms with E-state index >= 15 is 0 Å². The number of ether oxygens (including phenoxy) is 1. The van der Waals surface area contributed by atoms with E-state index in [2.05, 4.69) is 14.7 Å². The van der Waals surface area contributed by atoms with Gasteiger partial charge in [0.2, 0.25) is 10.0 Å². The minimum absolute atomic E-state index is 0.0247. The number of aryl methyl sites for hydroxylation is 1. The van der Waals surface area contributed by atoms with E-state index in [1.54, 1.807) is 12.1 Å². The van der Waals surface area contributed by atoms with Gasteiger partial charge in [0, 0.05) is 25.9 Å². The quantitative estimate of drug-likeness (QED) is 0.857. The van der Waals surface area contributed by atoms with Gasteiger partial charge in [-0.3, -0.25) is 0 Å². The SMILES string of the molecule is COc1ccc(S(=O)(=O)NCc2nc(C)cc(N(C)C)n2)cc1. The van der Waals surface area contributed by atoms with Gasteiger partial charge >= 0.3 is 0 Å². The molecule has 0 bridgehead atoms. The van der Waals surface area contributed by atoms with Crippen molar-refractivity contribution in [2.24, 2.45) is 0 Å². The van der Waals surface area contributed by atoms with Crippen molar-refractivity contribution in [1.29, 1.82) is 0 Å². The molecule has 1 heterocycles. The van der Waals surface area contributed by atoms with Crippen molar-refractivity contribution < 1.29 is 13.2 Å². The average molecular weight is 336 g/mol. The third kappa shape index (κ3) is 4.40. The molecule has 8 heteroatoms. The first-order chi connectivity index (χ1) is 10.8. The summed E-state index contributed by atoms with van der Waals surface area (Å²) in [6, 6.07) is 8.01. The predicted octanol–water partition coefficient (Wildman–Crippen LogP) is 1.34. The number of methoxy groups -OCH3 is 1. The number of rotatable bonds is 6. The van der Waals surface area contributed by atoms with Crippen molar-refractivity contribution in [2.75, 3.05) is 26.1 Å². The maximum atomic E-state index is 12.3. The molecule has 0 unspecified atom stereocenters. The summed E-state index contributed by atoms with van der Waals surface area (Å²) < 4.78 is 32.1. The van der Waals surface area contributed by atoms with Crippen LogP contribution in [0.3, 0.4) is 0 Å². The fourth-order valence-corrected chi connectivity index (χ4v) is 2.90. The zero-order valence-electron chi connectivity index (χ0n) is 13.6. The summed E-state index contributed by atoms with van der Waals surface area (Å²) in [5.74, 6) is 1.75. The zero-order chi connectivity index (χ0) is 17.0. The van der Waals surface area contributed by atoms with Crippen LogP contribution in [0.4, 0.5) is 5.82 Å². The molecular formula is C15H20N4O3S. The van der Waals surface area contributed by atoms with E-state index in [1.165, 1.54) is 19.2 Å². The first kappa shape index (κ1) is 17.2. The van der Waals surface area contributed by atoms with Gasteiger partial charge in [-0.1, -0.05) is 0 Å². The second-order valence-corrected chi connectivity index (χ2v) is 6.95. The predicted molar refractivity (Wildman–Crippen MR) is 88.1 cm³/mol. The number of nitrogens with zero attached hydrogens (tertiary/aromatic N) is 3. The maximum Gasteiger partial charge on any atom is 0.240 e. The number of hydrogen-bond acceptors (Lipinski definition) is 6. The Kier molecular flexibility index (Phi) is 5.17. The standard InChI is InChI=1S/C15H20N4O3S/c1-11-9-15(19(2)3)18-14(17-11)10-16-23(20,21)13-7-5-12(22-4)6-8-13/h5-9,16H,10H2,1-4H3. The lowest BCUT2D eigenvalue weighted by molar-refractivity contribution is 0.414. The molecule has 23 heavy (non-hydrogen) atoms. The number of anilines is 1. The summed E-state index contributed by atoms with van der Waals surface area (Å²) in [6.45, 7) is 1.87. The average Bonchev–Trinajstić information content (AvgIpc) is 2.52. The molecule has 0 atom stereocenters. The molecular weight excluding hydrogens is 316 g/mol. The molecule has 2 aromatic rings. The Hall–Kier alpha value is -2.19. The van der Waals surface area contributed by atoms with Crippen LogP contribution in [0.15, 0.2) is 35.2 Å². The van der Waals surface area contributed by atoms with Gasteiger partial charge in [0.05, 0.1) is 18.6 Å². The van der Waals surface area contributed by atoms with Crippen LogP contribution in [0.1, 0.15) is 11.5 Å². The Morgan fingerprint density at radius 1 is 1.17 bits per heavy atom. The Labute approximate surface area is 136 Å². The van der Waals surface area contributed by atoms with E-state index in [0.717, 1.165) is 11.5 Å². The van der Waals surface area contributed by atoms with Crippen molar-refractivity contribution in [3.8, 4) is 5.75 Å². The van der Waals surface area contributed by atoms with Gasteiger partial charge in [0.1, 0.15) is 17.4 Å². The Morgan fingerprint density at radius 3 is 2.39 bits per heavy atom. The van der Waals surface area contributed by atoms with E-state index in [-0.39, 0.29) is 11.4 Å². The molecule has 0 saturated carbocycles. The topological polar surface area (TPSA) is 84.4 Å². The smallest absolute Gasteiger partial charge is 0.240 e. The van der Waals surface area contributed by atoms with Crippen LogP contribution in [-0.2, 0) is 16.6 Å². The molecule has 0 radical (unpaired) electrons. The molecule has 1 aromatic carbocycles. The molecule has 0 saturated heterocycles. The minimum atomic E-state index is -3.63. The summed E-state index contributed by atoms with van der Waals surface area (Å²) in [6.07, 6.45) is 0. The van der Waals surface area contributed by atoms with E-state index < -0.39 is 10.0 Å². The van der Waals surface area contributed by atoms with Gasteiger partial charge in [-0.25, -0.2) is 23.1 Å². The van der Waals surface area contributed by atoms with Gasteiger partial charge in [-0.05, 0) is 31.2 Å². The zero-order valence-corrected chi connectivity index (χ0v) is 14.4. The second-order valence-electron chi connectivity index (χ2n) is 5.18. The summed E-state index contributed by atoms with van der Waals surface area (Å²) in [5.41, 5.74) is 0.780. The molecule has 7 nitrogen and oxygen atoms in total. The van der Waals surface area contributed by atoms with Crippen LogP contribution in [0.5, 0.6) is 5.75 Å². The molecule has 0 fully saturated rings. The van der Waals surface area contributed by atoms with Crippen LogP contribution in [0.2, 0.25) is 0 Å². The summed E-state index contributed by atoms with van der Waals surface area (Å²) in [4.78, 5) is 10.6. The molecule has 2 rings (SSSR count). The normalized spacial score (nSPS) is 11.3. The van der Waals surface area contributed by atoms with Gasteiger partial charge in [0.25, 0.3) is 0 Å². The van der Waals surface area contributed by atoms with Crippen molar-refractivity contribution in [3.05, 3.63) is 41.9 Å². The van der Waals surface area contributed by atoms with E-state index in [1.807, 2.05) is 32.0 Å². The van der Waals surface area contributed by atoms with Gasteiger partial charge < -0.3 is 9.64 Å². The molecule has 0 aliphatic carbocycles. The van der Waals surface area contributed by atoms with E-state index in [0.29, 0.717) is 11.6 Å². The highest BCUT2D eigenvalue weighted by atomic mass is 32.2. The summed E-state index contributed by atoms with van der Waals surface area (Å²) >= 11 is 0. The summed E-state index contributed by atoms with van der Waals surface area (Å²) in [7, 11) is 1.63. The first-order valence-electron chi connectivity index (χ1n) is 6.97. The molecule has 0 aliphatic rings. The molecule has 124 valence electrons. The fraction of sp³-hybridized carbons (Fsp3) is 0.333. The van der Waals surface area contributed by atoms with E-state index in [4.69, 9.17) is 4.74 Å². The van der Waals surface area contributed by atoms with Crippen LogP contribution in [0, 0.1) is 6.92 Å². The largest absolute Gasteiger partial charge is 0.497 e. The lowest BCUT2D eigenvalue weighted by atomic mass is 10.3. The lowest BCUT2D eigenvalue weighted by Gasteiger charge is -2.13. The van der Waals surface area contributed by atoms with E-state index in [9.17, 15) is 8.42 Å². The van der Waals surface area contributed by atoms with Crippen molar-refractivity contribution >= 4 is 15.8 Å². The third-order valence-electron chi connectivity index (χ3n) is 3.14. The minimum Gasteiger partial charge on any atom is -0.497 e. The number of aromatic nitrogens is 2. The monoisotopic (exact) mass is 336 g/mol. The lowest BCUT2D eigenvalue weighted by Crippen LogP contribution is -2.25. The number of sulfonamides is 1. The van der Waals surface area contributed by atoms with Gasteiger partial charge in [-0.15, -0.1) is 0 Å². The van der Waals surface area contributed by atoms with Crippen LogP contribution >= 0.6 is 0 Å². The van der Waals surface area contributed by atoms with Gasteiger partial charge in [-0.2, -0.15) is 0 Å². The second kappa shape index (κ2) is 6.93. The Balaban J connectivity index is 2.15. The van der Waals surface area contributed by atoms with Crippen molar-refractivity contribution in [2.45, 2.75) is 18.4 Å². The highest BCUT2D eigenvalue weighted by Gasteiger charge is 2.15. The maximum absolute atomic E-state index is 12.3. The molecule has 0 aliphatic heterocycles. The summed E-state index contributed by atoms with van der Waals surface area (Å²) in [5, 5.41) is 0. The van der Waals surface area contributed by atoms with Crippen LogP contribution < -0.4 is 14.4 Å². The van der Waals surface area contributed by atoms with Crippen LogP contribution in [0.25, 0.3) is 0 Å². The highest BCUT2D eigenvalue weighted by molar-refractivity contribution is 7.89. The Morgan fingerprint density at radius 2 is 1.83 bits per heavy atom. The molecule has 0 amide bonds. The van der Waals surface area contributed by atoms with Crippen molar-refractivity contribution in [3.63, 3.8) is 0 Å². The first-order valence-corrected chi connectivity index (χ1v) is 8.46.